The van der Waals surface area contributed by atoms with Crippen LogP contribution in [0.5, 0.6) is 0 Å². The molecule has 6 nitrogen and oxygen atoms in total. The number of rotatable bonds is 5. The highest BCUT2D eigenvalue weighted by molar-refractivity contribution is 7.09. The van der Waals surface area contributed by atoms with Gasteiger partial charge in [-0.2, -0.15) is 14.5 Å². The van der Waals surface area contributed by atoms with Crippen LogP contribution in [0, 0.1) is 0 Å². The Labute approximate surface area is 120 Å². The summed E-state index contributed by atoms with van der Waals surface area (Å²) in [5.74, 6) is 1.45. The van der Waals surface area contributed by atoms with E-state index < -0.39 is 0 Å². The maximum Gasteiger partial charge on any atom is 0.208 e. The molecular weight excluding hydrogens is 272 g/mol. The molecule has 0 unspecified atom stereocenters. The highest BCUT2D eigenvalue weighted by Gasteiger charge is 2.09. The van der Waals surface area contributed by atoms with Gasteiger partial charge in [-0.05, 0) is 18.6 Å². The quantitative estimate of drug-likeness (QED) is 0.781. The van der Waals surface area contributed by atoms with Crippen molar-refractivity contribution >= 4 is 22.5 Å². The van der Waals surface area contributed by atoms with E-state index in [1.54, 1.807) is 12.4 Å². The van der Waals surface area contributed by atoms with E-state index in [1.807, 2.05) is 29.1 Å². The highest BCUT2D eigenvalue weighted by atomic mass is 32.1. The van der Waals surface area contributed by atoms with Gasteiger partial charge in [-0.1, -0.05) is 13.0 Å². The molecule has 0 saturated carbocycles. The first-order valence-electron chi connectivity index (χ1n) is 6.40. The summed E-state index contributed by atoms with van der Waals surface area (Å²) in [6.07, 6.45) is 6.55. The normalized spacial score (nSPS) is 10.7. The number of anilines is 2. The molecule has 7 heteroatoms. The van der Waals surface area contributed by atoms with E-state index in [0.29, 0.717) is 5.82 Å². The van der Waals surface area contributed by atoms with Crippen molar-refractivity contribution in [3.05, 3.63) is 36.8 Å². The molecule has 0 aliphatic carbocycles. The van der Waals surface area contributed by atoms with Gasteiger partial charge in [0.1, 0.15) is 5.82 Å². The van der Waals surface area contributed by atoms with Crippen molar-refractivity contribution in [1.29, 1.82) is 0 Å². The Morgan fingerprint density at radius 1 is 1.35 bits per heavy atom. The van der Waals surface area contributed by atoms with Crippen LogP contribution in [0.2, 0.25) is 0 Å². The first-order chi connectivity index (χ1) is 9.85. The van der Waals surface area contributed by atoms with Gasteiger partial charge in [-0.15, -0.1) is 0 Å². The zero-order valence-corrected chi connectivity index (χ0v) is 11.8. The number of aromatic nitrogens is 5. The van der Waals surface area contributed by atoms with Crippen molar-refractivity contribution in [3.63, 3.8) is 0 Å². The summed E-state index contributed by atoms with van der Waals surface area (Å²) < 4.78 is 6.25. The molecule has 102 valence electrons. The minimum absolute atomic E-state index is 0.691. The topological polar surface area (TPSA) is 68.5 Å². The van der Waals surface area contributed by atoms with Crippen molar-refractivity contribution in [1.82, 2.24) is 24.1 Å². The van der Waals surface area contributed by atoms with Gasteiger partial charge in [0.2, 0.25) is 5.13 Å². The van der Waals surface area contributed by atoms with Crippen LogP contribution in [0.15, 0.2) is 36.8 Å². The zero-order chi connectivity index (χ0) is 13.8. The molecule has 3 aromatic rings. The van der Waals surface area contributed by atoms with Crippen LogP contribution in [0.25, 0.3) is 11.4 Å². The molecule has 0 aliphatic rings. The second kappa shape index (κ2) is 5.79. The molecule has 0 saturated heterocycles. The molecule has 0 aliphatic heterocycles. The highest BCUT2D eigenvalue weighted by Crippen LogP contribution is 2.22. The summed E-state index contributed by atoms with van der Waals surface area (Å²) in [4.78, 5) is 8.65. The van der Waals surface area contributed by atoms with Crippen LogP contribution in [0.1, 0.15) is 13.3 Å². The second-order valence-corrected chi connectivity index (χ2v) is 5.01. The molecule has 20 heavy (non-hydrogen) atoms. The van der Waals surface area contributed by atoms with Crippen molar-refractivity contribution in [2.75, 3.05) is 5.32 Å². The third-order valence-corrected chi connectivity index (χ3v) is 3.30. The average molecular weight is 286 g/mol. The fourth-order valence-electron chi connectivity index (χ4n) is 1.77. The molecule has 3 aromatic heterocycles. The molecule has 0 amide bonds. The lowest BCUT2D eigenvalue weighted by Gasteiger charge is -1.98. The Morgan fingerprint density at radius 3 is 3.10 bits per heavy atom. The molecule has 0 atom stereocenters. The van der Waals surface area contributed by atoms with Crippen LogP contribution in [-0.2, 0) is 6.54 Å². The Balaban J connectivity index is 1.76. The molecular formula is C13H14N6S. The summed E-state index contributed by atoms with van der Waals surface area (Å²) in [7, 11) is 0. The van der Waals surface area contributed by atoms with E-state index in [-0.39, 0.29) is 0 Å². The lowest BCUT2D eigenvalue weighted by Crippen LogP contribution is -1.95. The van der Waals surface area contributed by atoms with Gasteiger partial charge >= 0.3 is 0 Å². The Kier molecular flexibility index (Phi) is 3.69. The first-order valence-corrected chi connectivity index (χ1v) is 7.17. The van der Waals surface area contributed by atoms with E-state index >= 15 is 0 Å². The molecule has 1 N–H and O–H groups in total. The van der Waals surface area contributed by atoms with Crippen molar-refractivity contribution in [2.24, 2.45) is 0 Å². The van der Waals surface area contributed by atoms with E-state index in [2.05, 4.69) is 31.7 Å². The Hall–Kier alpha value is -2.28. The second-order valence-electron chi connectivity index (χ2n) is 4.26. The summed E-state index contributed by atoms with van der Waals surface area (Å²) in [6, 6.07) is 5.69. The number of hydrogen-bond acceptors (Lipinski definition) is 6. The third-order valence-electron chi connectivity index (χ3n) is 2.67. The van der Waals surface area contributed by atoms with Crippen LogP contribution < -0.4 is 5.32 Å². The minimum atomic E-state index is 0.691. The molecule has 0 fully saturated rings. The van der Waals surface area contributed by atoms with Gasteiger partial charge in [0.05, 0.1) is 11.8 Å². The minimum Gasteiger partial charge on any atom is -0.315 e. The first kappa shape index (κ1) is 12.7. The lowest BCUT2D eigenvalue weighted by atomic mass is 10.3. The summed E-state index contributed by atoms with van der Waals surface area (Å²) in [6.45, 7) is 3.03. The van der Waals surface area contributed by atoms with Gasteiger partial charge in [-0.25, -0.2) is 4.98 Å². The molecule has 0 radical (unpaired) electrons. The van der Waals surface area contributed by atoms with E-state index in [1.165, 1.54) is 11.5 Å². The van der Waals surface area contributed by atoms with Crippen molar-refractivity contribution in [2.45, 2.75) is 19.9 Å². The van der Waals surface area contributed by atoms with Crippen LogP contribution in [0.4, 0.5) is 10.9 Å². The third kappa shape index (κ3) is 2.83. The SMILES string of the molecule is CCCn1cc(-c2nsc(Nc3ccccn3)n2)cn1. The average Bonchev–Trinajstić information content (AvgIpc) is 3.10. The Bertz CT molecular complexity index is 675. The number of pyridine rings is 1. The monoisotopic (exact) mass is 286 g/mol. The van der Waals surface area contributed by atoms with Gasteiger partial charge in [0.25, 0.3) is 0 Å². The lowest BCUT2D eigenvalue weighted by molar-refractivity contribution is 0.603. The number of aryl methyl sites for hydroxylation is 1. The molecule has 0 aromatic carbocycles. The smallest absolute Gasteiger partial charge is 0.208 e. The molecule has 0 spiro atoms. The van der Waals surface area contributed by atoms with Crippen LogP contribution in [-0.4, -0.2) is 24.1 Å². The van der Waals surface area contributed by atoms with E-state index in [0.717, 1.165) is 29.5 Å². The largest absolute Gasteiger partial charge is 0.315 e. The fourth-order valence-corrected chi connectivity index (χ4v) is 2.36. The number of nitrogens with one attached hydrogen (secondary N) is 1. The summed E-state index contributed by atoms with van der Waals surface area (Å²) >= 11 is 1.31. The number of hydrogen-bond donors (Lipinski definition) is 1. The van der Waals surface area contributed by atoms with Gasteiger partial charge in [0.15, 0.2) is 5.82 Å². The van der Waals surface area contributed by atoms with Gasteiger partial charge < -0.3 is 5.32 Å². The maximum atomic E-state index is 4.45. The predicted molar refractivity (Wildman–Crippen MR) is 78.9 cm³/mol. The van der Waals surface area contributed by atoms with Crippen molar-refractivity contribution < 1.29 is 0 Å². The predicted octanol–water partition coefficient (Wildman–Crippen LogP) is 2.95. The fraction of sp³-hybridized carbons (Fsp3) is 0.231. The van der Waals surface area contributed by atoms with Crippen LogP contribution in [0.3, 0.4) is 0 Å². The van der Waals surface area contributed by atoms with E-state index in [9.17, 15) is 0 Å². The molecule has 0 bridgehead atoms. The van der Waals surface area contributed by atoms with Gasteiger partial charge in [-0.3, -0.25) is 4.68 Å². The summed E-state index contributed by atoms with van der Waals surface area (Å²) in [5, 5.41) is 8.14. The van der Waals surface area contributed by atoms with Gasteiger partial charge in [0, 0.05) is 30.5 Å². The number of nitrogens with zero attached hydrogens (tertiary/aromatic N) is 5. The zero-order valence-electron chi connectivity index (χ0n) is 11.0. The van der Waals surface area contributed by atoms with Crippen molar-refractivity contribution in [3.8, 4) is 11.4 Å². The van der Waals surface area contributed by atoms with E-state index in [4.69, 9.17) is 0 Å². The summed E-state index contributed by atoms with van der Waals surface area (Å²) in [5.41, 5.74) is 0.934. The maximum absolute atomic E-state index is 4.45. The molecule has 3 rings (SSSR count). The standard InChI is InChI=1S/C13H14N6S/c1-2-7-19-9-10(8-15-19)12-17-13(20-18-12)16-11-5-3-4-6-14-11/h3-6,8-9H,2,7H2,1H3,(H,14,16,17,18). The Morgan fingerprint density at radius 2 is 2.30 bits per heavy atom. The van der Waals surface area contributed by atoms with Crippen LogP contribution >= 0.6 is 11.5 Å². The molecule has 3 heterocycles.